The van der Waals surface area contributed by atoms with Crippen LogP contribution >= 0.6 is 11.6 Å². The Morgan fingerprint density at radius 1 is 1.35 bits per heavy atom. The Morgan fingerprint density at radius 2 is 2.00 bits per heavy atom. The lowest BCUT2D eigenvalue weighted by atomic mass is 9.75. The van der Waals surface area contributed by atoms with Crippen molar-refractivity contribution in [3.8, 4) is 0 Å². The minimum Gasteiger partial charge on any atom is -0.399 e. The standard InChI is InChI=1S/C13H20ClN3/c1-13(2)5-3-10(4-6-13)16-12-8-9(15)7-11(14)17-12/h7-8,10H,3-6H2,1-2H3,(H3,15,16,17). The summed E-state index contributed by atoms with van der Waals surface area (Å²) in [4.78, 5) is 4.24. The van der Waals surface area contributed by atoms with Gasteiger partial charge in [-0.25, -0.2) is 4.98 Å². The molecule has 1 aromatic rings. The molecule has 94 valence electrons. The Labute approximate surface area is 108 Å². The number of nitrogens with one attached hydrogen (secondary N) is 1. The van der Waals surface area contributed by atoms with Gasteiger partial charge in [0.1, 0.15) is 11.0 Å². The zero-order valence-electron chi connectivity index (χ0n) is 10.5. The molecule has 0 saturated heterocycles. The fraction of sp³-hybridized carbons (Fsp3) is 0.615. The number of aromatic nitrogens is 1. The molecular weight excluding hydrogens is 234 g/mol. The molecule has 0 atom stereocenters. The number of pyridine rings is 1. The van der Waals surface area contributed by atoms with E-state index in [0.717, 1.165) is 5.82 Å². The number of nitrogens with zero attached hydrogens (tertiary/aromatic N) is 1. The first-order valence-corrected chi connectivity index (χ1v) is 6.52. The average Bonchev–Trinajstić information content (AvgIpc) is 2.20. The topological polar surface area (TPSA) is 50.9 Å². The molecule has 1 fully saturated rings. The van der Waals surface area contributed by atoms with Crippen LogP contribution in [0.25, 0.3) is 0 Å². The Balaban J connectivity index is 1.97. The van der Waals surface area contributed by atoms with Gasteiger partial charge in [0.25, 0.3) is 0 Å². The van der Waals surface area contributed by atoms with E-state index in [4.69, 9.17) is 17.3 Å². The van der Waals surface area contributed by atoms with Crippen LogP contribution in [0.3, 0.4) is 0 Å². The number of hydrogen-bond acceptors (Lipinski definition) is 3. The molecule has 0 radical (unpaired) electrons. The maximum atomic E-state index is 5.88. The number of rotatable bonds is 2. The summed E-state index contributed by atoms with van der Waals surface area (Å²) in [6.07, 6.45) is 4.86. The lowest BCUT2D eigenvalue weighted by Crippen LogP contribution is -2.30. The molecule has 1 heterocycles. The van der Waals surface area contributed by atoms with Gasteiger partial charge in [0.15, 0.2) is 0 Å². The fourth-order valence-corrected chi connectivity index (χ4v) is 2.56. The van der Waals surface area contributed by atoms with Crippen molar-refractivity contribution >= 4 is 23.1 Å². The van der Waals surface area contributed by atoms with Crippen LogP contribution in [0.15, 0.2) is 12.1 Å². The molecule has 1 saturated carbocycles. The molecular formula is C13H20ClN3. The molecule has 3 nitrogen and oxygen atoms in total. The predicted octanol–water partition coefficient (Wildman–Crippen LogP) is 3.70. The summed E-state index contributed by atoms with van der Waals surface area (Å²) in [5.41, 5.74) is 6.88. The van der Waals surface area contributed by atoms with Crippen molar-refractivity contribution in [1.82, 2.24) is 4.98 Å². The summed E-state index contributed by atoms with van der Waals surface area (Å²) >= 11 is 5.88. The van der Waals surface area contributed by atoms with Gasteiger partial charge in [0, 0.05) is 17.8 Å². The van der Waals surface area contributed by atoms with Crippen molar-refractivity contribution in [3.63, 3.8) is 0 Å². The lowest BCUT2D eigenvalue weighted by molar-refractivity contribution is 0.232. The molecule has 1 aliphatic rings. The summed E-state index contributed by atoms with van der Waals surface area (Å²) in [7, 11) is 0. The number of nitrogen functional groups attached to an aromatic ring is 1. The lowest BCUT2D eigenvalue weighted by Gasteiger charge is -2.34. The summed E-state index contributed by atoms with van der Waals surface area (Å²) in [6, 6.07) is 4.00. The van der Waals surface area contributed by atoms with Gasteiger partial charge in [-0.3, -0.25) is 0 Å². The summed E-state index contributed by atoms with van der Waals surface area (Å²) < 4.78 is 0. The Kier molecular flexibility index (Phi) is 3.48. The average molecular weight is 254 g/mol. The maximum Gasteiger partial charge on any atom is 0.133 e. The van der Waals surface area contributed by atoms with E-state index >= 15 is 0 Å². The second-order valence-electron chi connectivity index (χ2n) is 5.69. The van der Waals surface area contributed by atoms with E-state index in [2.05, 4.69) is 24.1 Å². The largest absolute Gasteiger partial charge is 0.399 e. The Hall–Kier alpha value is -0.960. The van der Waals surface area contributed by atoms with Crippen LogP contribution in [-0.2, 0) is 0 Å². The van der Waals surface area contributed by atoms with Crippen molar-refractivity contribution in [3.05, 3.63) is 17.3 Å². The minimum atomic E-state index is 0.448. The van der Waals surface area contributed by atoms with Crippen molar-refractivity contribution in [2.24, 2.45) is 5.41 Å². The number of halogens is 1. The van der Waals surface area contributed by atoms with E-state index in [1.54, 1.807) is 6.07 Å². The quantitative estimate of drug-likeness (QED) is 0.791. The fourth-order valence-electron chi connectivity index (χ4n) is 2.34. The normalized spacial score (nSPS) is 20.2. The zero-order valence-corrected chi connectivity index (χ0v) is 11.2. The number of hydrogen-bond donors (Lipinski definition) is 2. The highest BCUT2D eigenvalue weighted by Crippen LogP contribution is 2.36. The summed E-state index contributed by atoms with van der Waals surface area (Å²) in [6.45, 7) is 4.66. The molecule has 0 unspecified atom stereocenters. The second-order valence-corrected chi connectivity index (χ2v) is 6.08. The van der Waals surface area contributed by atoms with Gasteiger partial charge in [0.05, 0.1) is 0 Å². The van der Waals surface area contributed by atoms with E-state index in [-0.39, 0.29) is 0 Å². The van der Waals surface area contributed by atoms with Crippen LogP contribution in [0.2, 0.25) is 5.15 Å². The van der Waals surface area contributed by atoms with E-state index < -0.39 is 0 Å². The first kappa shape index (κ1) is 12.5. The highest BCUT2D eigenvalue weighted by Gasteiger charge is 2.26. The zero-order chi connectivity index (χ0) is 12.5. The molecule has 0 aliphatic heterocycles. The third-order valence-electron chi connectivity index (χ3n) is 3.51. The first-order chi connectivity index (χ1) is 7.94. The molecule has 1 aliphatic carbocycles. The molecule has 2 rings (SSSR count). The van der Waals surface area contributed by atoms with Crippen molar-refractivity contribution in [2.75, 3.05) is 11.1 Å². The predicted molar refractivity (Wildman–Crippen MR) is 73.3 cm³/mol. The van der Waals surface area contributed by atoms with Crippen LogP contribution < -0.4 is 11.1 Å². The number of nitrogens with two attached hydrogens (primary N) is 1. The molecule has 0 spiro atoms. The first-order valence-electron chi connectivity index (χ1n) is 6.14. The van der Waals surface area contributed by atoms with Crippen LogP contribution in [-0.4, -0.2) is 11.0 Å². The molecule has 0 amide bonds. The molecule has 4 heteroatoms. The van der Waals surface area contributed by atoms with Crippen molar-refractivity contribution in [2.45, 2.75) is 45.6 Å². The van der Waals surface area contributed by atoms with Gasteiger partial charge in [-0.2, -0.15) is 0 Å². The van der Waals surface area contributed by atoms with Crippen LogP contribution in [0.5, 0.6) is 0 Å². The van der Waals surface area contributed by atoms with E-state index in [1.807, 2.05) is 6.07 Å². The van der Waals surface area contributed by atoms with E-state index in [1.165, 1.54) is 25.7 Å². The molecule has 0 aromatic carbocycles. The van der Waals surface area contributed by atoms with E-state index in [0.29, 0.717) is 22.3 Å². The molecule has 1 aromatic heterocycles. The third-order valence-corrected chi connectivity index (χ3v) is 3.70. The highest BCUT2D eigenvalue weighted by molar-refractivity contribution is 6.29. The van der Waals surface area contributed by atoms with Crippen LogP contribution in [0.4, 0.5) is 11.5 Å². The third kappa shape index (κ3) is 3.50. The molecule has 3 N–H and O–H groups in total. The van der Waals surface area contributed by atoms with Gasteiger partial charge in [-0.1, -0.05) is 25.4 Å². The Bertz CT molecular complexity index is 373. The summed E-state index contributed by atoms with van der Waals surface area (Å²) in [5, 5.41) is 3.87. The van der Waals surface area contributed by atoms with Crippen LogP contribution in [0.1, 0.15) is 39.5 Å². The van der Waals surface area contributed by atoms with Gasteiger partial charge >= 0.3 is 0 Å². The van der Waals surface area contributed by atoms with E-state index in [9.17, 15) is 0 Å². The minimum absolute atomic E-state index is 0.448. The number of anilines is 2. The molecule has 17 heavy (non-hydrogen) atoms. The molecule has 0 bridgehead atoms. The van der Waals surface area contributed by atoms with Gasteiger partial charge in [-0.05, 0) is 37.2 Å². The highest BCUT2D eigenvalue weighted by atomic mass is 35.5. The smallest absolute Gasteiger partial charge is 0.133 e. The monoisotopic (exact) mass is 253 g/mol. The van der Waals surface area contributed by atoms with Crippen LogP contribution in [0, 0.1) is 5.41 Å². The summed E-state index contributed by atoms with van der Waals surface area (Å²) in [5.74, 6) is 0.791. The Morgan fingerprint density at radius 3 is 2.59 bits per heavy atom. The van der Waals surface area contributed by atoms with Gasteiger partial charge < -0.3 is 11.1 Å². The van der Waals surface area contributed by atoms with Gasteiger partial charge in [-0.15, -0.1) is 0 Å². The second kappa shape index (κ2) is 4.73. The SMILES string of the molecule is CC1(C)CCC(Nc2cc(N)cc(Cl)n2)CC1. The van der Waals surface area contributed by atoms with Crippen molar-refractivity contribution < 1.29 is 0 Å². The van der Waals surface area contributed by atoms with Gasteiger partial charge in [0.2, 0.25) is 0 Å². The van der Waals surface area contributed by atoms with Crippen molar-refractivity contribution in [1.29, 1.82) is 0 Å². The maximum absolute atomic E-state index is 5.88.